The number of hydrogen-bond donors (Lipinski definition) is 1. The summed E-state index contributed by atoms with van der Waals surface area (Å²) in [6.07, 6.45) is 0. The normalized spacial score (nSPS) is 10.3. The summed E-state index contributed by atoms with van der Waals surface area (Å²) in [6, 6.07) is 17.7. The predicted octanol–water partition coefficient (Wildman–Crippen LogP) is 4.92. The molecule has 1 aromatic heterocycles. The summed E-state index contributed by atoms with van der Waals surface area (Å²) in [5.74, 6) is 0.663. The third-order valence-electron chi connectivity index (χ3n) is 3.22. The molecule has 0 bridgehead atoms. The number of halogens is 1. The van der Waals surface area contributed by atoms with Crippen LogP contribution in [0.4, 0.5) is 11.5 Å². The topological polar surface area (TPSA) is 48.7 Å². The minimum absolute atomic E-state index is 0.617. The molecule has 102 valence electrons. The zero-order chi connectivity index (χ0) is 14.8. The molecule has 3 aromatic rings. The fourth-order valence-corrected chi connectivity index (χ4v) is 2.55. The highest BCUT2D eigenvalue weighted by atomic mass is 79.9. The maximum absolute atomic E-state index is 9.31. The molecule has 1 heterocycles. The van der Waals surface area contributed by atoms with Gasteiger partial charge in [-0.25, -0.2) is 4.98 Å². The van der Waals surface area contributed by atoms with Crippen molar-refractivity contribution in [2.24, 2.45) is 0 Å². The van der Waals surface area contributed by atoms with E-state index in [9.17, 15) is 5.26 Å². The summed E-state index contributed by atoms with van der Waals surface area (Å²) in [7, 11) is 0. The zero-order valence-corrected chi connectivity index (χ0v) is 13.0. The van der Waals surface area contributed by atoms with Crippen LogP contribution in [0.15, 0.2) is 53.0 Å². The Bertz CT molecular complexity index is 866. The van der Waals surface area contributed by atoms with Crippen LogP contribution in [-0.4, -0.2) is 4.98 Å². The van der Waals surface area contributed by atoms with Crippen molar-refractivity contribution in [3.63, 3.8) is 0 Å². The summed E-state index contributed by atoms with van der Waals surface area (Å²) in [5, 5.41) is 13.5. The molecule has 3 rings (SSSR count). The van der Waals surface area contributed by atoms with Gasteiger partial charge < -0.3 is 5.32 Å². The first-order valence-electron chi connectivity index (χ1n) is 6.50. The van der Waals surface area contributed by atoms with E-state index in [1.54, 1.807) is 6.07 Å². The van der Waals surface area contributed by atoms with Crippen LogP contribution in [0.1, 0.15) is 11.1 Å². The molecule has 0 atom stereocenters. The molecule has 2 aromatic carbocycles. The number of anilines is 2. The Morgan fingerprint density at radius 3 is 2.76 bits per heavy atom. The van der Waals surface area contributed by atoms with Gasteiger partial charge in [-0.1, -0.05) is 24.3 Å². The molecule has 0 aliphatic rings. The van der Waals surface area contributed by atoms with Crippen molar-refractivity contribution in [1.29, 1.82) is 5.26 Å². The highest BCUT2D eigenvalue weighted by Crippen LogP contribution is 2.28. The number of nitrogens with one attached hydrogen (secondary N) is 1. The molecule has 1 N–H and O–H groups in total. The molecular formula is C17H12BrN3. The number of para-hydroxylation sites is 1. The summed E-state index contributed by atoms with van der Waals surface area (Å²) in [5.41, 5.74) is 3.51. The first kappa shape index (κ1) is 13.6. The summed E-state index contributed by atoms with van der Waals surface area (Å²) in [6.45, 7) is 2.03. The number of benzene rings is 2. The van der Waals surface area contributed by atoms with Crippen LogP contribution in [0.5, 0.6) is 0 Å². The fraction of sp³-hybridized carbons (Fsp3) is 0.0588. The van der Waals surface area contributed by atoms with Crippen LogP contribution in [0, 0.1) is 18.3 Å². The van der Waals surface area contributed by atoms with E-state index in [0.717, 1.165) is 26.6 Å². The minimum atomic E-state index is 0.617. The molecule has 0 spiro atoms. The maximum Gasteiger partial charge on any atom is 0.132 e. The Balaban J connectivity index is 2.09. The van der Waals surface area contributed by atoms with Crippen LogP contribution < -0.4 is 5.32 Å². The molecule has 21 heavy (non-hydrogen) atoms. The minimum Gasteiger partial charge on any atom is -0.339 e. The first-order valence-corrected chi connectivity index (χ1v) is 7.30. The van der Waals surface area contributed by atoms with Crippen molar-refractivity contribution >= 4 is 38.3 Å². The smallest absolute Gasteiger partial charge is 0.132 e. The summed E-state index contributed by atoms with van der Waals surface area (Å²) in [4.78, 5) is 4.57. The number of hydrogen-bond acceptors (Lipinski definition) is 3. The van der Waals surface area contributed by atoms with Gasteiger partial charge in [-0.15, -0.1) is 0 Å². The van der Waals surface area contributed by atoms with E-state index >= 15 is 0 Å². The average Bonchev–Trinajstić information content (AvgIpc) is 2.50. The lowest BCUT2D eigenvalue weighted by Gasteiger charge is -2.10. The highest BCUT2D eigenvalue weighted by molar-refractivity contribution is 9.10. The Kier molecular flexibility index (Phi) is 3.59. The third-order valence-corrected chi connectivity index (χ3v) is 3.91. The van der Waals surface area contributed by atoms with Crippen molar-refractivity contribution < 1.29 is 0 Å². The largest absolute Gasteiger partial charge is 0.339 e. The number of nitriles is 1. The summed E-state index contributed by atoms with van der Waals surface area (Å²) >= 11 is 3.52. The van der Waals surface area contributed by atoms with Gasteiger partial charge in [-0.3, -0.25) is 0 Å². The van der Waals surface area contributed by atoms with Crippen LogP contribution in [-0.2, 0) is 0 Å². The van der Waals surface area contributed by atoms with Crippen LogP contribution in [0.25, 0.3) is 10.9 Å². The van der Waals surface area contributed by atoms with Gasteiger partial charge in [-0.05, 0) is 52.7 Å². The second-order valence-electron chi connectivity index (χ2n) is 4.79. The number of aryl methyl sites for hydroxylation is 1. The predicted molar refractivity (Wildman–Crippen MR) is 88.6 cm³/mol. The van der Waals surface area contributed by atoms with Gasteiger partial charge in [0.2, 0.25) is 0 Å². The molecule has 0 unspecified atom stereocenters. The van der Waals surface area contributed by atoms with E-state index in [1.807, 2.05) is 49.4 Å². The SMILES string of the molecule is Cc1ccc(Br)c(Nc2cc(C#N)c3ccccc3n2)c1. The van der Waals surface area contributed by atoms with Crippen molar-refractivity contribution in [1.82, 2.24) is 4.98 Å². The average molecular weight is 338 g/mol. The van der Waals surface area contributed by atoms with Crippen LogP contribution in [0.3, 0.4) is 0 Å². The lowest BCUT2D eigenvalue weighted by Crippen LogP contribution is -1.97. The van der Waals surface area contributed by atoms with E-state index < -0.39 is 0 Å². The van der Waals surface area contributed by atoms with Gasteiger partial charge in [0.15, 0.2) is 0 Å². The Labute approximate surface area is 131 Å². The van der Waals surface area contributed by atoms with E-state index in [0.29, 0.717) is 11.4 Å². The molecule has 0 amide bonds. The second kappa shape index (κ2) is 5.55. The first-order chi connectivity index (χ1) is 10.2. The number of aromatic nitrogens is 1. The van der Waals surface area contributed by atoms with Crippen LogP contribution >= 0.6 is 15.9 Å². The van der Waals surface area contributed by atoms with Crippen LogP contribution in [0.2, 0.25) is 0 Å². The molecule has 0 aliphatic heterocycles. The lowest BCUT2D eigenvalue weighted by molar-refractivity contribution is 1.34. The molecule has 0 radical (unpaired) electrons. The fourth-order valence-electron chi connectivity index (χ4n) is 2.20. The second-order valence-corrected chi connectivity index (χ2v) is 5.65. The zero-order valence-electron chi connectivity index (χ0n) is 11.4. The van der Waals surface area contributed by atoms with Gasteiger partial charge in [0.25, 0.3) is 0 Å². The molecule has 3 nitrogen and oxygen atoms in total. The number of fused-ring (bicyclic) bond motifs is 1. The molecule has 0 fully saturated rings. The van der Waals surface area contributed by atoms with Gasteiger partial charge in [0.1, 0.15) is 5.82 Å². The number of nitrogens with zero attached hydrogens (tertiary/aromatic N) is 2. The lowest BCUT2D eigenvalue weighted by atomic mass is 10.1. The van der Waals surface area contributed by atoms with E-state index in [2.05, 4.69) is 32.3 Å². The molecule has 4 heteroatoms. The van der Waals surface area contributed by atoms with Crippen molar-refractivity contribution in [3.8, 4) is 6.07 Å². The van der Waals surface area contributed by atoms with E-state index in [1.165, 1.54) is 0 Å². The quantitative estimate of drug-likeness (QED) is 0.721. The third kappa shape index (κ3) is 2.74. The molecule has 0 aliphatic carbocycles. The standard InChI is InChI=1S/C17H12BrN3/c1-11-6-7-14(18)16(8-11)21-17-9-12(10-19)13-4-2-3-5-15(13)20-17/h2-9H,1H3,(H,20,21). The van der Waals surface area contributed by atoms with Gasteiger partial charge in [0.05, 0.1) is 22.8 Å². The van der Waals surface area contributed by atoms with E-state index in [4.69, 9.17) is 0 Å². The molecule has 0 saturated carbocycles. The Hall–Kier alpha value is -2.38. The molecular weight excluding hydrogens is 326 g/mol. The Morgan fingerprint density at radius 2 is 1.95 bits per heavy atom. The van der Waals surface area contributed by atoms with Crippen molar-refractivity contribution in [2.75, 3.05) is 5.32 Å². The molecule has 0 saturated heterocycles. The van der Waals surface area contributed by atoms with Crippen molar-refractivity contribution in [2.45, 2.75) is 6.92 Å². The maximum atomic E-state index is 9.31. The van der Waals surface area contributed by atoms with Crippen molar-refractivity contribution in [3.05, 3.63) is 64.1 Å². The Morgan fingerprint density at radius 1 is 1.14 bits per heavy atom. The van der Waals surface area contributed by atoms with Gasteiger partial charge >= 0.3 is 0 Å². The summed E-state index contributed by atoms with van der Waals surface area (Å²) < 4.78 is 0.960. The van der Waals surface area contributed by atoms with E-state index in [-0.39, 0.29) is 0 Å². The number of rotatable bonds is 2. The monoisotopic (exact) mass is 337 g/mol. The van der Waals surface area contributed by atoms with Gasteiger partial charge in [-0.2, -0.15) is 5.26 Å². The highest BCUT2D eigenvalue weighted by Gasteiger charge is 2.07. The number of pyridine rings is 1. The van der Waals surface area contributed by atoms with Gasteiger partial charge in [0, 0.05) is 9.86 Å².